The Morgan fingerprint density at radius 1 is 1.50 bits per heavy atom. The Bertz CT molecular complexity index is 767. The van der Waals surface area contributed by atoms with Gasteiger partial charge in [0.05, 0.1) is 24.7 Å². The van der Waals surface area contributed by atoms with E-state index in [4.69, 9.17) is 9.47 Å². The smallest absolute Gasteiger partial charge is 0.166 e. The number of aliphatic hydroxyl groups excluding tert-OH is 1. The second-order valence-corrected chi connectivity index (χ2v) is 7.08. The molecule has 0 bridgehead atoms. The zero-order chi connectivity index (χ0) is 17.1. The number of ether oxygens (including phenoxy) is 2. The Morgan fingerprint density at radius 3 is 3.00 bits per heavy atom. The van der Waals surface area contributed by atoms with Gasteiger partial charge in [-0.15, -0.1) is 0 Å². The van der Waals surface area contributed by atoms with Gasteiger partial charge in [-0.1, -0.05) is 12.2 Å². The van der Waals surface area contributed by atoms with Gasteiger partial charge in [-0.25, -0.2) is 0 Å². The lowest BCUT2D eigenvalue weighted by molar-refractivity contribution is 0.0817. The van der Waals surface area contributed by atoms with Crippen molar-refractivity contribution in [2.75, 3.05) is 20.7 Å². The topological polar surface area (TPSA) is 65.7 Å². The summed E-state index contributed by atoms with van der Waals surface area (Å²) in [6.45, 7) is 2.83. The molecule has 4 rings (SSSR count). The molecule has 1 aliphatic carbocycles. The lowest BCUT2D eigenvalue weighted by Crippen LogP contribution is -2.42. The van der Waals surface area contributed by atoms with Crippen molar-refractivity contribution in [2.24, 2.45) is 0 Å². The predicted octanol–water partition coefficient (Wildman–Crippen LogP) is 2.22. The van der Waals surface area contributed by atoms with Gasteiger partial charge in [0.15, 0.2) is 11.5 Å². The molecule has 0 aromatic heterocycles. The lowest BCUT2D eigenvalue weighted by atomic mass is 9.68. The minimum Gasteiger partial charge on any atom is -0.493 e. The van der Waals surface area contributed by atoms with Crippen LogP contribution in [-0.2, 0) is 5.41 Å². The maximum Gasteiger partial charge on any atom is 0.166 e. The van der Waals surface area contributed by atoms with E-state index >= 15 is 0 Å². The first-order valence-electron chi connectivity index (χ1n) is 8.37. The number of aliphatic hydroxyl groups is 1. The van der Waals surface area contributed by atoms with Gasteiger partial charge in [0.2, 0.25) is 0 Å². The third kappa shape index (κ3) is 1.87. The fourth-order valence-corrected chi connectivity index (χ4v) is 4.55. The minimum absolute atomic E-state index is 0.118. The van der Waals surface area contributed by atoms with Crippen LogP contribution in [0.15, 0.2) is 18.2 Å². The molecule has 0 saturated heterocycles. The Kier molecular flexibility index (Phi) is 3.38. The molecule has 126 valence electrons. The minimum atomic E-state index is -0.488. The Morgan fingerprint density at radius 2 is 2.29 bits per heavy atom. The molecular weight excluding hydrogens is 304 g/mol. The molecule has 0 amide bonds. The van der Waals surface area contributed by atoms with E-state index in [9.17, 15) is 10.4 Å². The van der Waals surface area contributed by atoms with Crippen LogP contribution in [0.1, 0.15) is 35.6 Å². The van der Waals surface area contributed by atoms with Crippen molar-refractivity contribution in [1.82, 2.24) is 4.90 Å². The largest absolute Gasteiger partial charge is 0.493 e. The predicted molar refractivity (Wildman–Crippen MR) is 89.2 cm³/mol. The SMILES string of the molecule is COc1cc(C)c2c3c1OC1C[C@@H](O)C=CC31CCN(C)C2C#N. The van der Waals surface area contributed by atoms with Crippen LogP contribution in [-0.4, -0.2) is 42.9 Å². The van der Waals surface area contributed by atoms with Crippen molar-refractivity contribution >= 4 is 0 Å². The van der Waals surface area contributed by atoms with E-state index in [1.165, 1.54) is 0 Å². The fraction of sp³-hybridized carbons (Fsp3) is 0.526. The van der Waals surface area contributed by atoms with Crippen molar-refractivity contribution in [3.63, 3.8) is 0 Å². The van der Waals surface area contributed by atoms with Crippen molar-refractivity contribution in [1.29, 1.82) is 5.26 Å². The Balaban J connectivity index is 2.05. The first-order chi connectivity index (χ1) is 11.5. The van der Waals surface area contributed by atoms with Crippen molar-refractivity contribution in [2.45, 2.75) is 43.4 Å². The normalized spacial score (nSPS) is 33.9. The van der Waals surface area contributed by atoms with Crippen LogP contribution in [0, 0.1) is 18.3 Å². The highest BCUT2D eigenvalue weighted by atomic mass is 16.5. The maximum absolute atomic E-state index is 10.1. The molecular formula is C19H22N2O3. The molecule has 0 saturated carbocycles. The Labute approximate surface area is 142 Å². The fourth-order valence-electron chi connectivity index (χ4n) is 4.55. The van der Waals surface area contributed by atoms with Crippen LogP contribution < -0.4 is 9.47 Å². The number of aryl methyl sites for hydroxylation is 1. The van der Waals surface area contributed by atoms with Crippen LogP contribution in [0.4, 0.5) is 0 Å². The van der Waals surface area contributed by atoms with Gasteiger partial charge in [-0.05, 0) is 37.6 Å². The van der Waals surface area contributed by atoms with Crippen molar-refractivity contribution in [3.8, 4) is 17.6 Å². The molecule has 2 heterocycles. The molecule has 2 aliphatic heterocycles. The molecule has 1 N–H and O–H groups in total. The number of rotatable bonds is 1. The van der Waals surface area contributed by atoms with Gasteiger partial charge in [0, 0.05) is 18.5 Å². The van der Waals surface area contributed by atoms with Crippen molar-refractivity contribution < 1.29 is 14.6 Å². The van der Waals surface area contributed by atoms with Crippen LogP contribution in [0.2, 0.25) is 0 Å². The van der Waals surface area contributed by atoms with Gasteiger partial charge >= 0.3 is 0 Å². The highest BCUT2D eigenvalue weighted by Gasteiger charge is 2.54. The number of hydrogen-bond acceptors (Lipinski definition) is 5. The summed E-state index contributed by atoms with van der Waals surface area (Å²) in [5.41, 5.74) is 2.89. The summed E-state index contributed by atoms with van der Waals surface area (Å²) < 4.78 is 11.9. The summed E-state index contributed by atoms with van der Waals surface area (Å²) in [5, 5.41) is 19.9. The lowest BCUT2D eigenvalue weighted by Gasteiger charge is -2.35. The van der Waals surface area contributed by atoms with E-state index in [1.54, 1.807) is 7.11 Å². The first kappa shape index (κ1) is 15.5. The molecule has 0 radical (unpaired) electrons. The van der Waals surface area contributed by atoms with Gasteiger partial charge < -0.3 is 14.6 Å². The number of benzene rings is 1. The monoisotopic (exact) mass is 326 g/mol. The van der Waals surface area contributed by atoms with E-state index in [2.05, 4.69) is 17.0 Å². The third-order valence-electron chi connectivity index (χ3n) is 5.80. The summed E-state index contributed by atoms with van der Waals surface area (Å²) in [7, 11) is 3.64. The summed E-state index contributed by atoms with van der Waals surface area (Å²) in [5.74, 6) is 1.46. The van der Waals surface area contributed by atoms with Crippen LogP contribution in [0.5, 0.6) is 11.5 Å². The molecule has 5 heteroatoms. The molecule has 0 fully saturated rings. The number of nitriles is 1. The van der Waals surface area contributed by atoms with Gasteiger partial charge in [0.25, 0.3) is 0 Å². The molecule has 3 unspecified atom stereocenters. The molecule has 5 nitrogen and oxygen atoms in total. The highest BCUT2D eigenvalue weighted by Crippen LogP contribution is 2.57. The standard InChI is InChI=1S/C19H22N2O3/c1-11-8-14(23-3)18-17-16(11)13(10-20)21(2)7-6-19(17)5-4-12(22)9-15(19)24-18/h4-5,8,12-13,15,22H,6-7,9H2,1-3H3/t12-,13?,15?,19?/m0/s1. The molecule has 3 aliphatic rings. The summed E-state index contributed by atoms with van der Waals surface area (Å²) in [4.78, 5) is 2.11. The highest BCUT2D eigenvalue weighted by molar-refractivity contribution is 5.64. The van der Waals surface area contributed by atoms with Crippen LogP contribution >= 0.6 is 0 Å². The van der Waals surface area contributed by atoms with Gasteiger partial charge in [0.1, 0.15) is 12.1 Å². The molecule has 4 atom stereocenters. The summed E-state index contributed by atoms with van der Waals surface area (Å²) in [6, 6.07) is 4.12. The second kappa shape index (κ2) is 5.23. The van der Waals surface area contributed by atoms with E-state index < -0.39 is 6.10 Å². The number of nitrogens with zero attached hydrogens (tertiary/aromatic N) is 2. The van der Waals surface area contributed by atoms with E-state index in [0.717, 1.165) is 35.4 Å². The summed E-state index contributed by atoms with van der Waals surface area (Å²) >= 11 is 0. The third-order valence-corrected chi connectivity index (χ3v) is 5.80. The average Bonchev–Trinajstić information content (AvgIpc) is 2.82. The maximum atomic E-state index is 10.1. The zero-order valence-corrected chi connectivity index (χ0v) is 14.2. The number of methoxy groups -OCH3 is 1. The van der Waals surface area contributed by atoms with Gasteiger partial charge in [-0.2, -0.15) is 5.26 Å². The zero-order valence-electron chi connectivity index (χ0n) is 14.2. The summed E-state index contributed by atoms with van der Waals surface area (Å²) in [6.07, 6.45) is 4.80. The molecule has 1 aromatic rings. The quantitative estimate of drug-likeness (QED) is 0.802. The molecule has 24 heavy (non-hydrogen) atoms. The van der Waals surface area contributed by atoms with E-state index in [1.807, 2.05) is 26.1 Å². The first-order valence-corrected chi connectivity index (χ1v) is 8.37. The molecule has 1 aromatic carbocycles. The second-order valence-electron chi connectivity index (χ2n) is 7.08. The molecule has 1 spiro atoms. The Hall–Kier alpha value is -2.03. The van der Waals surface area contributed by atoms with Crippen LogP contribution in [0.3, 0.4) is 0 Å². The van der Waals surface area contributed by atoms with E-state index in [0.29, 0.717) is 12.2 Å². The van der Waals surface area contributed by atoms with Crippen LogP contribution in [0.25, 0.3) is 0 Å². The van der Waals surface area contributed by atoms with Gasteiger partial charge in [-0.3, -0.25) is 4.90 Å². The average molecular weight is 326 g/mol. The van der Waals surface area contributed by atoms with E-state index in [-0.39, 0.29) is 17.6 Å². The van der Waals surface area contributed by atoms with Crippen molar-refractivity contribution in [3.05, 3.63) is 34.9 Å². The number of hydrogen-bond donors (Lipinski definition) is 1.